The Bertz CT molecular complexity index is 949. The Hall–Kier alpha value is -3.05. The van der Waals surface area contributed by atoms with Crippen LogP contribution in [0, 0.1) is 18.6 Å². The number of aryl methyl sites for hydroxylation is 1. The highest BCUT2D eigenvalue weighted by molar-refractivity contribution is 5.91. The van der Waals surface area contributed by atoms with Crippen molar-refractivity contribution in [2.75, 3.05) is 7.11 Å². The normalized spacial score (nSPS) is 10.7. The van der Waals surface area contributed by atoms with Crippen LogP contribution in [0.15, 0.2) is 60.7 Å². The van der Waals surface area contributed by atoms with Crippen LogP contribution in [0.25, 0.3) is 11.1 Å². The molecule has 0 aromatic heterocycles. The number of halogens is 2. The third-order valence-electron chi connectivity index (χ3n) is 4.13. The minimum atomic E-state index is -1.21. The van der Waals surface area contributed by atoms with E-state index in [2.05, 4.69) is 0 Å². The Labute approximate surface area is 156 Å². The Balaban J connectivity index is 1.77. The first-order chi connectivity index (χ1) is 13.0. The summed E-state index contributed by atoms with van der Waals surface area (Å²) in [5.74, 6) is -3.52. The van der Waals surface area contributed by atoms with Crippen molar-refractivity contribution in [2.24, 2.45) is 0 Å². The van der Waals surface area contributed by atoms with Crippen LogP contribution in [0.1, 0.15) is 21.5 Å². The Kier molecular flexibility index (Phi) is 5.62. The fraction of sp³-hybridized carbons (Fsp3) is 0.136. The zero-order valence-corrected chi connectivity index (χ0v) is 15.0. The molecule has 0 N–H and O–H groups in total. The number of benzene rings is 3. The maximum atomic E-state index is 14.1. The van der Waals surface area contributed by atoms with Crippen LogP contribution in [-0.4, -0.2) is 13.1 Å². The first-order valence-electron chi connectivity index (χ1n) is 8.34. The molecule has 3 rings (SSSR count). The van der Waals surface area contributed by atoms with Crippen molar-refractivity contribution < 1.29 is 23.0 Å². The second-order valence-corrected chi connectivity index (χ2v) is 6.12. The molecular weight excluding hydrogens is 350 g/mol. The lowest BCUT2D eigenvalue weighted by Crippen LogP contribution is -2.10. The molecule has 0 saturated carbocycles. The van der Waals surface area contributed by atoms with Gasteiger partial charge in [-0.15, -0.1) is 0 Å². The highest BCUT2D eigenvalue weighted by atomic mass is 19.2. The van der Waals surface area contributed by atoms with Gasteiger partial charge in [-0.2, -0.15) is 4.39 Å². The molecule has 0 aliphatic rings. The van der Waals surface area contributed by atoms with Gasteiger partial charge in [-0.05, 0) is 42.3 Å². The van der Waals surface area contributed by atoms with Gasteiger partial charge in [0.25, 0.3) is 0 Å². The lowest BCUT2D eigenvalue weighted by Gasteiger charge is -2.09. The predicted octanol–water partition coefficient (Wildman–Crippen LogP) is 5.31. The van der Waals surface area contributed by atoms with E-state index >= 15 is 0 Å². The molecule has 27 heavy (non-hydrogen) atoms. The summed E-state index contributed by atoms with van der Waals surface area (Å²) < 4.78 is 37.8. The van der Waals surface area contributed by atoms with E-state index in [0.29, 0.717) is 0 Å². The van der Waals surface area contributed by atoms with E-state index in [4.69, 9.17) is 9.47 Å². The van der Waals surface area contributed by atoms with Gasteiger partial charge in [0.2, 0.25) is 5.82 Å². The number of carbonyl (C=O) groups is 1. The zero-order chi connectivity index (χ0) is 19.4. The fourth-order valence-electron chi connectivity index (χ4n) is 2.62. The van der Waals surface area contributed by atoms with Gasteiger partial charge in [0.15, 0.2) is 11.6 Å². The van der Waals surface area contributed by atoms with Crippen molar-refractivity contribution in [3.05, 3.63) is 89.0 Å². The smallest absolute Gasteiger partial charge is 0.343 e. The standard InChI is InChI=1S/C22H18F2O3/c1-14-3-5-15(6-4-14)16-7-9-17(10-8-16)22(25)27-19-12-11-18(13-26-2)20(23)21(19)24/h3-12H,13H2,1-2H3. The molecule has 3 aromatic rings. The topological polar surface area (TPSA) is 35.5 Å². The summed E-state index contributed by atoms with van der Waals surface area (Å²) in [6, 6.07) is 17.3. The van der Waals surface area contributed by atoms with Gasteiger partial charge in [-0.3, -0.25) is 0 Å². The van der Waals surface area contributed by atoms with E-state index in [1.54, 1.807) is 24.3 Å². The van der Waals surface area contributed by atoms with Crippen molar-refractivity contribution >= 4 is 5.97 Å². The zero-order valence-electron chi connectivity index (χ0n) is 15.0. The second-order valence-electron chi connectivity index (χ2n) is 6.12. The van der Waals surface area contributed by atoms with Crippen LogP contribution in [0.4, 0.5) is 8.78 Å². The average Bonchev–Trinajstić information content (AvgIpc) is 2.68. The summed E-state index contributed by atoms with van der Waals surface area (Å²) in [6.45, 7) is 1.93. The highest BCUT2D eigenvalue weighted by Gasteiger charge is 2.18. The number of esters is 1. The van der Waals surface area contributed by atoms with Crippen molar-refractivity contribution in [2.45, 2.75) is 13.5 Å². The number of ether oxygens (including phenoxy) is 2. The van der Waals surface area contributed by atoms with Crippen molar-refractivity contribution in [1.29, 1.82) is 0 Å². The monoisotopic (exact) mass is 368 g/mol. The minimum absolute atomic E-state index is 0.0530. The number of hydrogen-bond acceptors (Lipinski definition) is 3. The van der Waals surface area contributed by atoms with E-state index < -0.39 is 23.4 Å². The average molecular weight is 368 g/mol. The molecule has 0 heterocycles. The van der Waals surface area contributed by atoms with E-state index in [1.807, 2.05) is 31.2 Å². The van der Waals surface area contributed by atoms with E-state index in [-0.39, 0.29) is 17.7 Å². The Morgan fingerprint density at radius 1 is 0.852 bits per heavy atom. The molecule has 0 spiro atoms. The molecule has 0 unspecified atom stereocenters. The third kappa shape index (κ3) is 4.20. The summed E-state index contributed by atoms with van der Waals surface area (Å²) in [6.07, 6.45) is 0. The molecule has 3 nitrogen and oxygen atoms in total. The lowest BCUT2D eigenvalue weighted by molar-refractivity contribution is 0.0726. The minimum Gasteiger partial charge on any atom is -0.420 e. The first-order valence-corrected chi connectivity index (χ1v) is 8.34. The van der Waals surface area contributed by atoms with Gasteiger partial charge >= 0.3 is 5.97 Å². The molecule has 5 heteroatoms. The maximum Gasteiger partial charge on any atom is 0.343 e. The molecule has 0 aliphatic carbocycles. The Morgan fingerprint density at radius 3 is 2.04 bits per heavy atom. The number of carbonyl (C=O) groups excluding carboxylic acids is 1. The van der Waals surface area contributed by atoms with Gasteiger partial charge in [-0.1, -0.05) is 42.0 Å². The van der Waals surface area contributed by atoms with Crippen LogP contribution in [0.5, 0.6) is 5.75 Å². The second kappa shape index (κ2) is 8.10. The summed E-state index contributed by atoms with van der Waals surface area (Å²) in [5, 5.41) is 0. The molecule has 0 atom stereocenters. The van der Waals surface area contributed by atoms with E-state index in [1.165, 1.54) is 19.2 Å². The summed E-state index contributed by atoms with van der Waals surface area (Å²) >= 11 is 0. The van der Waals surface area contributed by atoms with Crippen molar-refractivity contribution in [3.63, 3.8) is 0 Å². The number of rotatable bonds is 5. The molecule has 0 amide bonds. The number of hydrogen-bond donors (Lipinski definition) is 0. The summed E-state index contributed by atoms with van der Waals surface area (Å²) in [4.78, 5) is 12.2. The fourth-order valence-corrected chi connectivity index (χ4v) is 2.62. The van der Waals surface area contributed by atoms with Crippen LogP contribution < -0.4 is 4.74 Å². The predicted molar refractivity (Wildman–Crippen MR) is 98.6 cm³/mol. The Morgan fingerprint density at radius 2 is 1.44 bits per heavy atom. The van der Waals surface area contributed by atoms with Crippen LogP contribution in [-0.2, 0) is 11.3 Å². The molecule has 3 aromatic carbocycles. The molecular formula is C22H18F2O3. The highest BCUT2D eigenvalue weighted by Crippen LogP contribution is 2.25. The maximum absolute atomic E-state index is 14.1. The lowest BCUT2D eigenvalue weighted by atomic mass is 10.0. The van der Waals surface area contributed by atoms with Gasteiger partial charge in [0.05, 0.1) is 12.2 Å². The SMILES string of the molecule is COCc1ccc(OC(=O)c2ccc(-c3ccc(C)cc3)cc2)c(F)c1F. The van der Waals surface area contributed by atoms with Crippen molar-refractivity contribution in [1.82, 2.24) is 0 Å². The largest absolute Gasteiger partial charge is 0.420 e. The van der Waals surface area contributed by atoms with Gasteiger partial charge < -0.3 is 9.47 Å². The molecule has 0 saturated heterocycles. The summed E-state index contributed by atoms with van der Waals surface area (Å²) in [5.41, 5.74) is 3.41. The molecule has 138 valence electrons. The number of methoxy groups -OCH3 is 1. The molecule has 0 radical (unpaired) electrons. The van der Waals surface area contributed by atoms with Gasteiger partial charge in [0, 0.05) is 12.7 Å². The first kappa shape index (κ1) is 18.7. The molecule has 0 bridgehead atoms. The van der Waals surface area contributed by atoms with E-state index in [9.17, 15) is 13.6 Å². The molecule has 0 aliphatic heterocycles. The van der Waals surface area contributed by atoms with Crippen LogP contribution in [0.2, 0.25) is 0 Å². The van der Waals surface area contributed by atoms with E-state index in [0.717, 1.165) is 16.7 Å². The third-order valence-corrected chi connectivity index (χ3v) is 4.13. The molecule has 0 fully saturated rings. The quantitative estimate of drug-likeness (QED) is 0.452. The van der Waals surface area contributed by atoms with Gasteiger partial charge in [0.1, 0.15) is 0 Å². The van der Waals surface area contributed by atoms with Gasteiger partial charge in [-0.25, -0.2) is 9.18 Å². The van der Waals surface area contributed by atoms with Crippen LogP contribution in [0.3, 0.4) is 0 Å². The van der Waals surface area contributed by atoms with Crippen molar-refractivity contribution in [3.8, 4) is 16.9 Å². The van der Waals surface area contributed by atoms with Crippen LogP contribution >= 0.6 is 0 Å². The summed E-state index contributed by atoms with van der Waals surface area (Å²) in [7, 11) is 1.38.